The monoisotopic (exact) mass is 276 g/mol. The van der Waals surface area contributed by atoms with Gasteiger partial charge in [-0.1, -0.05) is 68.4 Å². The number of benzene rings is 1. The smallest absolute Gasteiger partial charge is 0.0862 e. The molecule has 1 saturated heterocycles. The van der Waals surface area contributed by atoms with Crippen LogP contribution in [0, 0.1) is 0 Å². The lowest BCUT2D eigenvalue weighted by Crippen LogP contribution is -2.51. The van der Waals surface area contributed by atoms with Gasteiger partial charge in [-0.15, -0.1) is 0 Å². The van der Waals surface area contributed by atoms with Crippen LogP contribution in [0.3, 0.4) is 0 Å². The fourth-order valence-electron chi connectivity index (χ4n) is 3.44. The van der Waals surface area contributed by atoms with Crippen LogP contribution in [-0.2, 0) is 4.74 Å². The average Bonchev–Trinajstić information content (AvgIpc) is 2.46. The van der Waals surface area contributed by atoms with Gasteiger partial charge in [0.15, 0.2) is 0 Å². The average molecular weight is 276 g/mol. The fourth-order valence-corrected chi connectivity index (χ4v) is 7.04. The number of hydrogen-bond acceptors (Lipinski definition) is 1. The summed E-state index contributed by atoms with van der Waals surface area (Å²) in [5.74, 6) is 0. The van der Waals surface area contributed by atoms with Crippen molar-refractivity contribution in [1.29, 1.82) is 0 Å². The molecule has 0 radical (unpaired) electrons. The van der Waals surface area contributed by atoms with E-state index in [1.54, 1.807) is 5.19 Å². The molecule has 1 aliphatic rings. The van der Waals surface area contributed by atoms with Crippen molar-refractivity contribution in [3.63, 3.8) is 0 Å². The highest BCUT2D eigenvalue weighted by Crippen LogP contribution is 2.37. The summed E-state index contributed by atoms with van der Waals surface area (Å²) in [5.41, 5.74) is 0.787. The zero-order valence-corrected chi connectivity index (χ0v) is 13.7. The number of unbranched alkanes of at least 4 members (excludes halogenated alkanes) is 1. The molecule has 1 aromatic rings. The van der Waals surface area contributed by atoms with Crippen LogP contribution in [0.25, 0.3) is 0 Å². The largest absolute Gasteiger partial charge is 0.378 e. The Morgan fingerprint density at radius 2 is 1.95 bits per heavy atom. The van der Waals surface area contributed by atoms with Crippen molar-refractivity contribution < 1.29 is 4.74 Å². The van der Waals surface area contributed by atoms with Crippen LogP contribution >= 0.6 is 0 Å². The molecular weight excluding hydrogens is 248 g/mol. The third kappa shape index (κ3) is 3.49. The Balaban J connectivity index is 2.16. The summed E-state index contributed by atoms with van der Waals surface area (Å²) in [5, 5.41) is 1.59. The van der Waals surface area contributed by atoms with E-state index in [9.17, 15) is 0 Å². The van der Waals surface area contributed by atoms with Gasteiger partial charge in [0.2, 0.25) is 0 Å². The highest BCUT2D eigenvalue weighted by molar-refractivity contribution is 6.91. The van der Waals surface area contributed by atoms with Crippen molar-refractivity contribution in [1.82, 2.24) is 0 Å². The molecule has 1 nitrogen and oxygen atoms in total. The topological polar surface area (TPSA) is 9.23 Å². The second-order valence-electron chi connectivity index (χ2n) is 6.39. The molecule has 0 N–H and O–H groups in total. The first-order valence-electron chi connectivity index (χ1n) is 7.83. The minimum Gasteiger partial charge on any atom is -0.378 e. The van der Waals surface area contributed by atoms with Gasteiger partial charge < -0.3 is 4.74 Å². The Kier molecular flexibility index (Phi) is 5.23. The summed E-state index contributed by atoms with van der Waals surface area (Å²) in [6, 6.07) is 11.2. The van der Waals surface area contributed by atoms with Crippen molar-refractivity contribution in [3.8, 4) is 0 Å². The van der Waals surface area contributed by atoms with E-state index in [-0.39, 0.29) is 0 Å². The van der Waals surface area contributed by atoms with Gasteiger partial charge in [0, 0.05) is 6.61 Å². The van der Waals surface area contributed by atoms with Crippen LogP contribution in [0.1, 0.15) is 39.0 Å². The van der Waals surface area contributed by atoms with Gasteiger partial charge in [-0.2, -0.15) is 0 Å². The van der Waals surface area contributed by atoms with Gasteiger partial charge in [-0.25, -0.2) is 0 Å². The molecule has 0 unspecified atom stereocenters. The molecule has 0 aromatic heterocycles. The molecule has 0 bridgehead atoms. The minimum atomic E-state index is -1.42. The molecule has 2 rings (SSSR count). The molecule has 106 valence electrons. The standard InChI is InChI=1S/C17H28OSi/c1-4-5-12-16-17(13-9-14-18-16)19(2,3)15-10-7-6-8-11-15/h6-8,10-11,16-17H,4-5,9,12-14H2,1-3H3/t16-,17+/m0/s1. The van der Waals surface area contributed by atoms with E-state index < -0.39 is 8.07 Å². The van der Waals surface area contributed by atoms with Gasteiger partial charge in [-0.05, 0) is 24.8 Å². The summed E-state index contributed by atoms with van der Waals surface area (Å²) >= 11 is 0. The van der Waals surface area contributed by atoms with Crippen molar-refractivity contribution in [3.05, 3.63) is 30.3 Å². The predicted octanol–water partition coefficient (Wildman–Crippen LogP) is 4.34. The molecule has 2 heteroatoms. The third-order valence-corrected chi connectivity index (χ3v) is 9.06. The highest BCUT2D eigenvalue weighted by Gasteiger charge is 2.40. The number of ether oxygens (including phenoxy) is 1. The van der Waals surface area contributed by atoms with Gasteiger partial charge in [0.05, 0.1) is 14.2 Å². The Morgan fingerprint density at radius 3 is 2.63 bits per heavy atom. The maximum absolute atomic E-state index is 6.14. The van der Waals surface area contributed by atoms with Crippen LogP contribution in [0.5, 0.6) is 0 Å². The predicted molar refractivity (Wildman–Crippen MR) is 85.8 cm³/mol. The Hall–Kier alpha value is -0.603. The summed E-state index contributed by atoms with van der Waals surface area (Å²) in [4.78, 5) is 0. The summed E-state index contributed by atoms with van der Waals surface area (Å²) in [7, 11) is -1.42. The molecule has 0 saturated carbocycles. The van der Waals surface area contributed by atoms with Crippen LogP contribution in [0.4, 0.5) is 0 Å². The molecule has 19 heavy (non-hydrogen) atoms. The molecule has 2 atom stereocenters. The van der Waals surface area contributed by atoms with E-state index in [1.807, 2.05) is 0 Å². The lowest BCUT2D eigenvalue weighted by molar-refractivity contribution is 0.00875. The van der Waals surface area contributed by atoms with Gasteiger partial charge in [0.25, 0.3) is 0 Å². The first-order chi connectivity index (χ1) is 9.16. The first kappa shape index (κ1) is 14.8. The van der Waals surface area contributed by atoms with E-state index in [0.29, 0.717) is 6.10 Å². The van der Waals surface area contributed by atoms with Crippen LogP contribution in [0.2, 0.25) is 18.6 Å². The van der Waals surface area contributed by atoms with Crippen LogP contribution in [-0.4, -0.2) is 20.8 Å². The quantitative estimate of drug-likeness (QED) is 0.727. The Labute approximate surface area is 119 Å². The SMILES string of the molecule is CCCC[C@@H]1OCCC[C@H]1[Si](C)(C)c1ccccc1. The fraction of sp³-hybridized carbons (Fsp3) is 0.647. The molecule has 1 heterocycles. The zero-order valence-electron chi connectivity index (χ0n) is 12.7. The van der Waals surface area contributed by atoms with Crippen molar-refractivity contribution in [2.24, 2.45) is 0 Å². The van der Waals surface area contributed by atoms with Crippen molar-refractivity contribution in [2.75, 3.05) is 6.61 Å². The highest BCUT2D eigenvalue weighted by atomic mass is 28.3. The van der Waals surface area contributed by atoms with E-state index in [4.69, 9.17) is 4.74 Å². The minimum absolute atomic E-state index is 0.510. The molecular formula is C17H28OSi. The van der Waals surface area contributed by atoms with Crippen molar-refractivity contribution in [2.45, 2.75) is 63.8 Å². The van der Waals surface area contributed by atoms with Gasteiger partial charge >= 0.3 is 0 Å². The van der Waals surface area contributed by atoms with E-state index >= 15 is 0 Å². The maximum Gasteiger partial charge on any atom is 0.0862 e. The zero-order chi connectivity index (χ0) is 13.7. The van der Waals surface area contributed by atoms with Crippen LogP contribution < -0.4 is 5.19 Å². The maximum atomic E-state index is 6.14. The Morgan fingerprint density at radius 1 is 1.21 bits per heavy atom. The van der Waals surface area contributed by atoms with E-state index in [1.165, 1.54) is 32.1 Å². The molecule has 0 aliphatic carbocycles. The second-order valence-corrected chi connectivity index (χ2v) is 11.2. The van der Waals surface area contributed by atoms with Gasteiger partial charge in [-0.3, -0.25) is 0 Å². The molecule has 1 aromatic carbocycles. The lowest BCUT2D eigenvalue weighted by atomic mass is 10.0. The van der Waals surface area contributed by atoms with Crippen LogP contribution in [0.15, 0.2) is 30.3 Å². The summed E-state index contributed by atoms with van der Waals surface area (Å²) < 4.78 is 6.14. The molecule has 1 aliphatic heterocycles. The van der Waals surface area contributed by atoms with E-state index in [2.05, 4.69) is 50.3 Å². The lowest BCUT2D eigenvalue weighted by Gasteiger charge is -2.41. The second kappa shape index (κ2) is 6.71. The molecule has 0 amide bonds. The number of rotatable bonds is 5. The van der Waals surface area contributed by atoms with Gasteiger partial charge in [0.1, 0.15) is 0 Å². The third-order valence-electron chi connectivity index (χ3n) is 4.73. The molecule has 0 spiro atoms. The first-order valence-corrected chi connectivity index (χ1v) is 10.9. The Bertz CT molecular complexity index is 374. The summed E-state index contributed by atoms with van der Waals surface area (Å²) in [6.07, 6.45) is 6.96. The molecule has 1 fully saturated rings. The van der Waals surface area contributed by atoms with E-state index in [0.717, 1.165) is 12.1 Å². The number of hydrogen-bond donors (Lipinski definition) is 0. The normalized spacial score (nSPS) is 24.4. The van der Waals surface area contributed by atoms with Crippen molar-refractivity contribution >= 4 is 13.3 Å². The summed E-state index contributed by atoms with van der Waals surface area (Å²) in [6.45, 7) is 8.31.